The molecule has 0 aliphatic heterocycles. The molecule has 0 spiro atoms. The number of amides is 2. The van der Waals surface area contributed by atoms with Crippen molar-refractivity contribution in [1.82, 2.24) is 15.4 Å². The zero-order chi connectivity index (χ0) is 23.6. The van der Waals surface area contributed by atoms with Crippen molar-refractivity contribution >= 4 is 40.2 Å². The van der Waals surface area contributed by atoms with Gasteiger partial charge in [0.05, 0.1) is 6.04 Å². The fourth-order valence-electron chi connectivity index (χ4n) is 3.41. The van der Waals surface area contributed by atoms with E-state index in [4.69, 9.17) is 22.1 Å². The van der Waals surface area contributed by atoms with Gasteiger partial charge in [0.25, 0.3) is 0 Å². The minimum atomic E-state index is -0.648. The van der Waals surface area contributed by atoms with E-state index in [1.165, 1.54) is 11.9 Å². The second-order valence-corrected chi connectivity index (χ2v) is 7.95. The van der Waals surface area contributed by atoms with Crippen LogP contribution in [-0.4, -0.2) is 41.2 Å². The van der Waals surface area contributed by atoms with Crippen LogP contribution < -0.4 is 16.5 Å². The van der Waals surface area contributed by atoms with Crippen molar-refractivity contribution in [2.24, 2.45) is 5.73 Å². The first-order chi connectivity index (χ1) is 16.0. The Bertz CT molecular complexity index is 1090. The van der Waals surface area contributed by atoms with Crippen LogP contribution >= 0.6 is 11.6 Å². The van der Waals surface area contributed by atoms with E-state index < -0.39 is 12.1 Å². The summed E-state index contributed by atoms with van der Waals surface area (Å²) in [5.41, 5.74) is 9.64. The Kier molecular flexibility index (Phi) is 9.00. The van der Waals surface area contributed by atoms with Crippen molar-refractivity contribution in [2.75, 3.05) is 18.5 Å². The quantitative estimate of drug-likeness (QED) is 0.386. The maximum absolute atomic E-state index is 12.4. The third-order valence-electron chi connectivity index (χ3n) is 5.11. The second-order valence-electron chi connectivity index (χ2n) is 7.54. The highest BCUT2D eigenvalue weighted by Gasteiger charge is 2.23. The lowest BCUT2D eigenvalue weighted by Gasteiger charge is -2.31. The maximum atomic E-state index is 12.4. The molecule has 0 aliphatic rings. The predicted octanol–water partition coefficient (Wildman–Crippen LogP) is 4.10. The summed E-state index contributed by atoms with van der Waals surface area (Å²) in [5.74, 6) is 0.182. The van der Waals surface area contributed by atoms with Gasteiger partial charge in [-0.15, -0.1) is 0 Å². The zero-order valence-electron chi connectivity index (χ0n) is 18.5. The summed E-state index contributed by atoms with van der Waals surface area (Å²) in [5, 5.41) is 6.64. The van der Waals surface area contributed by atoms with Gasteiger partial charge in [0.1, 0.15) is 12.4 Å². The minimum Gasteiger partial charge on any atom is -0.447 e. The van der Waals surface area contributed by atoms with Gasteiger partial charge in [-0.1, -0.05) is 54.1 Å². The highest BCUT2D eigenvalue weighted by molar-refractivity contribution is 6.31. The molecule has 0 saturated heterocycles. The number of rotatable bonds is 10. The minimum absolute atomic E-state index is 0.00544. The van der Waals surface area contributed by atoms with Gasteiger partial charge in [0.2, 0.25) is 5.91 Å². The van der Waals surface area contributed by atoms with Crippen LogP contribution in [0, 0.1) is 0 Å². The number of nitrogens with two attached hydrogens (primary N) is 1. The number of ether oxygens (including phenoxy) is 1. The Morgan fingerprint density at radius 1 is 1.15 bits per heavy atom. The normalized spacial score (nSPS) is 11.7. The van der Waals surface area contributed by atoms with Gasteiger partial charge in [-0.2, -0.15) is 0 Å². The molecule has 2 amide bonds. The molecule has 0 unspecified atom stereocenters. The van der Waals surface area contributed by atoms with E-state index in [1.807, 2.05) is 42.5 Å². The first-order valence-electron chi connectivity index (χ1n) is 10.7. The SMILES string of the molecule is CC(=O)N(NCc1ccccc1Cl)[C@@H](CCCN)COC(=O)Nc1cc2ccccc2cn1. The summed E-state index contributed by atoms with van der Waals surface area (Å²) in [6, 6.07) is 16.5. The molecule has 2 aromatic carbocycles. The number of benzene rings is 2. The van der Waals surface area contributed by atoms with Crippen molar-refractivity contribution in [3.63, 3.8) is 0 Å². The van der Waals surface area contributed by atoms with E-state index in [2.05, 4.69) is 15.7 Å². The van der Waals surface area contributed by atoms with Crippen molar-refractivity contribution in [3.8, 4) is 0 Å². The number of pyridine rings is 1. The molecule has 0 fully saturated rings. The number of hydrogen-bond acceptors (Lipinski definition) is 6. The van der Waals surface area contributed by atoms with Crippen LogP contribution in [-0.2, 0) is 16.1 Å². The molecular weight excluding hydrogens is 442 g/mol. The van der Waals surface area contributed by atoms with Crippen molar-refractivity contribution < 1.29 is 14.3 Å². The van der Waals surface area contributed by atoms with E-state index in [1.54, 1.807) is 18.3 Å². The van der Waals surface area contributed by atoms with Crippen LogP contribution in [0.1, 0.15) is 25.3 Å². The predicted molar refractivity (Wildman–Crippen MR) is 130 cm³/mol. The van der Waals surface area contributed by atoms with E-state index in [0.29, 0.717) is 36.8 Å². The number of carbonyl (C=O) groups is 2. The Hall–Kier alpha value is -3.20. The lowest BCUT2D eigenvalue weighted by atomic mass is 10.1. The Balaban J connectivity index is 1.62. The van der Waals surface area contributed by atoms with Crippen molar-refractivity contribution in [2.45, 2.75) is 32.4 Å². The number of carbonyl (C=O) groups excluding carboxylic acids is 2. The van der Waals surface area contributed by atoms with Crippen LogP contribution in [0.4, 0.5) is 10.6 Å². The van der Waals surface area contributed by atoms with Crippen molar-refractivity contribution in [3.05, 3.63) is 71.4 Å². The van der Waals surface area contributed by atoms with Crippen LogP contribution in [0.5, 0.6) is 0 Å². The van der Waals surface area contributed by atoms with Gasteiger partial charge in [0.15, 0.2) is 0 Å². The standard InChI is InChI=1S/C24H28ClN5O3/c1-17(31)30(28-15-20-9-4-5-11-22(20)25)21(10-6-12-26)16-33-24(32)29-23-13-18-7-2-3-8-19(18)14-27-23/h2-5,7-9,11,13-14,21,28H,6,10,12,15-16,26H2,1H3,(H,27,29,32)/t21-/m0/s1. The van der Waals surface area contributed by atoms with Gasteiger partial charge < -0.3 is 10.5 Å². The molecule has 1 heterocycles. The number of nitrogens with one attached hydrogen (secondary N) is 2. The highest BCUT2D eigenvalue weighted by Crippen LogP contribution is 2.17. The number of aromatic nitrogens is 1. The third-order valence-corrected chi connectivity index (χ3v) is 5.48. The van der Waals surface area contributed by atoms with Gasteiger partial charge in [-0.25, -0.2) is 15.2 Å². The fraction of sp³-hybridized carbons (Fsp3) is 0.292. The summed E-state index contributed by atoms with van der Waals surface area (Å²) < 4.78 is 5.43. The van der Waals surface area contributed by atoms with E-state index in [0.717, 1.165) is 16.3 Å². The molecule has 9 heteroatoms. The Morgan fingerprint density at radius 3 is 2.61 bits per heavy atom. The number of halogens is 1. The molecule has 3 aromatic rings. The molecule has 4 N–H and O–H groups in total. The zero-order valence-corrected chi connectivity index (χ0v) is 19.2. The number of anilines is 1. The lowest BCUT2D eigenvalue weighted by molar-refractivity contribution is -0.136. The van der Waals surface area contributed by atoms with Gasteiger partial charge >= 0.3 is 6.09 Å². The molecule has 0 aliphatic carbocycles. The first kappa shape index (κ1) is 24.4. The van der Waals surface area contributed by atoms with E-state index in [-0.39, 0.29) is 12.5 Å². The van der Waals surface area contributed by atoms with Crippen LogP contribution in [0.2, 0.25) is 5.02 Å². The molecule has 1 aromatic heterocycles. The number of hydrazine groups is 1. The summed E-state index contributed by atoms with van der Waals surface area (Å²) in [6.07, 6.45) is 2.27. The molecular formula is C24H28ClN5O3. The summed E-state index contributed by atoms with van der Waals surface area (Å²) >= 11 is 6.22. The average Bonchev–Trinajstić information content (AvgIpc) is 2.81. The topological polar surface area (TPSA) is 110 Å². The number of hydrogen-bond donors (Lipinski definition) is 3. The molecule has 33 heavy (non-hydrogen) atoms. The smallest absolute Gasteiger partial charge is 0.412 e. The van der Waals surface area contributed by atoms with Gasteiger partial charge in [-0.3, -0.25) is 15.1 Å². The van der Waals surface area contributed by atoms with Gasteiger partial charge in [0, 0.05) is 30.1 Å². The molecule has 0 radical (unpaired) electrons. The molecule has 0 saturated carbocycles. The van der Waals surface area contributed by atoms with Crippen LogP contribution in [0.3, 0.4) is 0 Å². The summed E-state index contributed by atoms with van der Waals surface area (Å²) in [6.45, 7) is 2.26. The monoisotopic (exact) mass is 469 g/mol. The number of nitrogens with zero attached hydrogens (tertiary/aromatic N) is 2. The molecule has 174 valence electrons. The first-order valence-corrected chi connectivity index (χ1v) is 11.1. The van der Waals surface area contributed by atoms with Crippen LogP contribution in [0.15, 0.2) is 60.8 Å². The molecule has 8 nitrogen and oxygen atoms in total. The van der Waals surface area contributed by atoms with Gasteiger partial charge in [-0.05, 0) is 42.5 Å². The fourth-order valence-corrected chi connectivity index (χ4v) is 3.62. The Labute approximate surface area is 198 Å². The Morgan fingerprint density at radius 2 is 1.88 bits per heavy atom. The maximum Gasteiger partial charge on any atom is 0.412 e. The molecule has 0 bridgehead atoms. The highest BCUT2D eigenvalue weighted by atomic mass is 35.5. The summed E-state index contributed by atoms with van der Waals surface area (Å²) in [4.78, 5) is 29.0. The largest absolute Gasteiger partial charge is 0.447 e. The lowest BCUT2D eigenvalue weighted by Crippen LogP contribution is -2.50. The molecule has 1 atom stereocenters. The van der Waals surface area contributed by atoms with E-state index >= 15 is 0 Å². The second kappa shape index (κ2) is 12.2. The van der Waals surface area contributed by atoms with Crippen molar-refractivity contribution in [1.29, 1.82) is 0 Å². The third kappa shape index (κ3) is 7.15. The number of fused-ring (bicyclic) bond motifs is 1. The van der Waals surface area contributed by atoms with Crippen LogP contribution in [0.25, 0.3) is 10.8 Å². The summed E-state index contributed by atoms with van der Waals surface area (Å²) in [7, 11) is 0. The molecule has 3 rings (SSSR count). The average molecular weight is 470 g/mol. The van der Waals surface area contributed by atoms with E-state index in [9.17, 15) is 9.59 Å².